The molecule has 33 heavy (non-hydrogen) atoms. The lowest BCUT2D eigenvalue weighted by Crippen LogP contribution is -2.34. The molecule has 0 radical (unpaired) electrons. The summed E-state index contributed by atoms with van der Waals surface area (Å²) in [4.78, 5) is 35.5. The van der Waals surface area contributed by atoms with Crippen molar-refractivity contribution in [3.05, 3.63) is 83.4 Å². The summed E-state index contributed by atoms with van der Waals surface area (Å²) in [5, 5.41) is 14.1. The minimum absolute atomic E-state index is 0.0293. The number of hydrogen-bond acceptors (Lipinski definition) is 5. The van der Waals surface area contributed by atoms with Crippen molar-refractivity contribution in [1.82, 2.24) is 5.32 Å². The van der Waals surface area contributed by atoms with E-state index >= 15 is 0 Å². The number of amides is 2. The molecule has 0 saturated carbocycles. The first-order valence-electron chi connectivity index (χ1n) is 10.3. The average molecular weight is 446 g/mol. The van der Waals surface area contributed by atoms with Gasteiger partial charge < -0.3 is 25.2 Å². The summed E-state index contributed by atoms with van der Waals surface area (Å²) in [5.74, 6) is -1.49. The zero-order chi connectivity index (χ0) is 23.4. The molecular formula is C25H22N2O6. The smallest absolute Gasteiger partial charge is 0.407 e. The third-order valence-electron chi connectivity index (χ3n) is 5.46. The lowest BCUT2D eigenvalue weighted by atomic mass is 9.98. The number of aromatic carboxylic acids is 1. The van der Waals surface area contributed by atoms with Crippen LogP contribution in [0, 0.1) is 0 Å². The maximum atomic E-state index is 12.2. The second kappa shape index (κ2) is 9.44. The number of ether oxygens (including phenoxy) is 2. The second-order valence-corrected chi connectivity index (χ2v) is 7.45. The maximum Gasteiger partial charge on any atom is 0.407 e. The van der Waals surface area contributed by atoms with Crippen LogP contribution < -0.4 is 15.4 Å². The van der Waals surface area contributed by atoms with E-state index in [2.05, 4.69) is 22.8 Å². The Morgan fingerprint density at radius 1 is 0.939 bits per heavy atom. The Morgan fingerprint density at radius 3 is 2.18 bits per heavy atom. The molecule has 1 aliphatic rings. The van der Waals surface area contributed by atoms with E-state index in [4.69, 9.17) is 14.6 Å². The minimum atomic E-state index is -1.11. The summed E-state index contributed by atoms with van der Waals surface area (Å²) >= 11 is 0. The lowest BCUT2D eigenvalue weighted by molar-refractivity contribution is -0.115. The molecule has 0 bridgehead atoms. The van der Waals surface area contributed by atoms with E-state index in [1.54, 1.807) is 0 Å². The summed E-state index contributed by atoms with van der Waals surface area (Å²) in [6.07, 6.45) is -0.708. The van der Waals surface area contributed by atoms with Crippen LogP contribution in [0.15, 0.2) is 66.7 Å². The monoisotopic (exact) mass is 446 g/mol. The molecule has 0 spiro atoms. The van der Waals surface area contributed by atoms with Crippen LogP contribution in [-0.2, 0) is 9.53 Å². The number of carbonyl (C=O) groups excluding carboxylic acids is 2. The molecule has 0 aromatic heterocycles. The number of nitrogens with one attached hydrogen (secondary N) is 2. The third kappa shape index (κ3) is 4.64. The van der Waals surface area contributed by atoms with E-state index in [0.29, 0.717) is 5.69 Å². The highest BCUT2D eigenvalue weighted by Crippen LogP contribution is 2.44. The Morgan fingerprint density at radius 2 is 1.58 bits per heavy atom. The van der Waals surface area contributed by atoms with E-state index in [-0.39, 0.29) is 30.4 Å². The number of alkyl carbamates (subject to hydrolysis) is 1. The van der Waals surface area contributed by atoms with Crippen LogP contribution in [0.4, 0.5) is 10.5 Å². The average Bonchev–Trinajstić information content (AvgIpc) is 3.15. The van der Waals surface area contributed by atoms with Gasteiger partial charge in [-0.2, -0.15) is 0 Å². The predicted molar refractivity (Wildman–Crippen MR) is 122 cm³/mol. The van der Waals surface area contributed by atoms with Gasteiger partial charge in [0, 0.05) is 5.92 Å². The fourth-order valence-corrected chi connectivity index (χ4v) is 3.92. The molecule has 8 nitrogen and oxygen atoms in total. The van der Waals surface area contributed by atoms with Crippen molar-refractivity contribution in [3.63, 3.8) is 0 Å². The number of methoxy groups -OCH3 is 1. The van der Waals surface area contributed by atoms with Crippen LogP contribution in [0.3, 0.4) is 0 Å². The molecule has 0 saturated heterocycles. The predicted octanol–water partition coefficient (Wildman–Crippen LogP) is 3.87. The molecule has 0 atom stereocenters. The van der Waals surface area contributed by atoms with Crippen LogP contribution in [0.5, 0.6) is 5.75 Å². The molecular weight excluding hydrogens is 424 g/mol. The fourth-order valence-electron chi connectivity index (χ4n) is 3.92. The van der Waals surface area contributed by atoms with Gasteiger partial charge in [-0.05, 0) is 40.5 Å². The first-order valence-corrected chi connectivity index (χ1v) is 10.3. The first kappa shape index (κ1) is 21.9. The van der Waals surface area contributed by atoms with Gasteiger partial charge in [0.2, 0.25) is 5.91 Å². The van der Waals surface area contributed by atoms with Crippen molar-refractivity contribution < 1.29 is 29.0 Å². The minimum Gasteiger partial charge on any atom is -0.495 e. The summed E-state index contributed by atoms with van der Waals surface area (Å²) < 4.78 is 10.5. The van der Waals surface area contributed by atoms with Gasteiger partial charge in [-0.3, -0.25) is 4.79 Å². The molecule has 168 valence electrons. The van der Waals surface area contributed by atoms with Crippen LogP contribution in [-0.4, -0.2) is 43.3 Å². The van der Waals surface area contributed by atoms with Gasteiger partial charge in [-0.1, -0.05) is 48.5 Å². The highest BCUT2D eigenvalue weighted by atomic mass is 16.5. The second-order valence-electron chi connectivity index (χ2n) is 7.45. The van der Waals surface area contributed by atoms with Gasteiger partial charge in [0.25, 0.3) is 0 Å². The quantitative estimate of drug-likeness (QED) is 0.508. The van der Waals surface area contributed by atoms with E-state index in [0.717, 1.165) is 22.3 Å². The Balaban J connectivity index is 1.32. The summed E-state index contributed by atoms with van der Waals surface area (Å²) in [7, 11) is 1.37. The van der Waals surface area contributed by atoms with Crippen LogP contribution >= 0.6 is 0 Å². The van der Waals surface area contributed by atoms with Crippen LogP contribution in [0.1, 0.15) is 27.4 Å². The van der Waals surface area contributed by atoms with Gasteiger partial charge in [0.05, 0.1) is 18.4 Å². The number of benzene rings is 3. The van der Waals surface area contributed by atoms with Crippen molar-refractivity contribution in [2.45, 2.75) is 5.92 Å². The Hall–Kier alpha value is -4.33. The van der Waals surface area contributed by atoms with Gasteiger partial charge in [0.1, 0.15) is 18.9 Å². The van der Waals surface area contributed by atoms with Crippen molar-refractivity contribution in [2.24, 2.45) is 0 Å². The van der Waals surface area contributed by atoms with Gasteiger partial charge in [0.15, 0.2) is 0 Å². The number of fused-ring (bicyclic) bond motifs is 3. The van der Waals surface area contributed by atoms with E-state index < -0.39 is 18.0 Å². The molecule has 3 N–H and O–H groups in total. The number of anilines is 1. The highest BCUT2D eigenvalue weighted by Gasteiger charge is 2.29. The zero-order valence-electron chi connectivity index (χ0n) is 17.8. The number of carbonyl (C=O) groups is 3. The molecule has 0 heterocycles. The number of carboxylic acid groups (broad SMARTS) is 1. The van der Waals surface area contributed by atoms with Gasteiger partial charge >= 0.3 is 12.1 Å². The summed E-state index contributed by atoms with van der Waals surface area (Å²) in [6, 6.07) is 20.1. The maximum absolute atomic E-state index is 12.2. The zero-order valence-corrected chi connectivity index (χ0v) is 17.8. The van der Waals surface area contributed by atoms with Crippen molar-refractivity contribution in [1.29, 1.82) is 0 Å². The van der Waals surface area contributed by atoms with E-state index in [1.807, 2.05) is 36.4 Å². The number of hydrogen-bond donors (Lipinski definition) is 3. The van der Waals surface area contributed by atoms with Gasteiger partial charge in [-0.25, -0.2) is 9.59 Å². The van der Waals surface area contributed by atoms with Crippen molar-refractivity contribution in [2.75, 3.05) is 25.6 Å². The Labute approximate surface area is 190 Å². The molecule has 0 unspecified atom stereocenters. The summed E-state index contributed by atoms with van der Waals surface area (Å²) in [6.45, 7) is -0.174. The molecule has 0 fully saturated rings. The largest absolute Gasteiger partial charge is 0.495 e. The third-order valence-corrected chi connectivity index (χ3v) is 5.46. The molecule has 0 aliphatic heterocycles. The molecule has 3 aromatic rings. The molecule has 1 aliphatic carbocycles. The van der Waals surface area contributed by atoms with Crippen LogP contribution in [0.25, 0.3) is 11.1 Å². The fraction of sp³-hybridized carbons (Fsp3) is 0.160. The SMILES string of the molecule is COc1cc(C(=O)O)ccc1NC(=O)CNC(=O)OCC1c2ccccc2-c2ccccc21. The molecule has 4 rings (SSSR count). The number of carboxylic acids is 1. The van der Waals surface area contributed by atoms with E-state index in [9.17, 15) is 14.4 Å². The standard InChI is InChI=1S/C25H22N2O6/c1-32-22-12-15(24(29)30)10-11-21(22)27-23(28)13-26-25(31)33-14-20-18-8-4-2-6-16(18)17-7-3-5-9-19(17)20/h2-12,20H,13-14H2,1H3,(H,26,31)(H,27,28)(H,29,30). The lowest BCUT2D eigenvalue weighted by Gasteiger charge is -2.15. The molecule has 3 aromatic carbocycles. The number of rotatable bonds is 7. The molecule has 8 heteroatoms. The topological polar surface area (TPSA) is 114 Å². The highest BCUT2D eigenvalue weighted by molar-refractivity contribution is 5.96. The Kier molecular flexibility index (Phi) is 6.26. The van der Waals surface area contributed by atoms with Gasteiger partial charge in [-0.15, -0.1) is 0 Å². The first-order chi connectivity index (χ1) is 16.0. The van der Waals surface area contributed by atoms with Crippen LogP contribution in [0.2, 0.25) is 0 Å². The van der Waals surface area contributed by atoms with Crippen molar-refractivity contribution in [3.8, 4) is 16.9 Å². The normalized spacial score (nSPS) is 11.8. The van der Waals surface area contributed by atoms with Crippen molar-refractivity contribution >= 4 is 23.7 Å². The van der Waals surface area contributed by atoms with E-state index in [1.165, 1.54) is 25.3 Å². The molecule has 2 amide bonds. The summed E-state index contributed by atoms with van der Waals surface area (Å²) in [5.41, 5.74) is 4.78. The Bertz CT molecular complexity index is 1180.